The number of anilines is 2. The van der Waals surface area contributed by atoms with E-state index < -0.39 is 0 Å². The number of nitrogens with zero attached hydrogens (tertiary/aromatic N) is 2. The van der Waals surface area contributed by atoms with Gasteiger partial charge in [-0.25, -0.2) is 9.97 Å². The molecule has 1 atom stereocenters. The van der Waals surface area contributed by atoms with Crippen LogP contribution in [-0.4, -0.2) is 22.4 Å². The number of carbonyl (C=O) groups excluding carboxylic acids is 1. The third-order valence-electron chi connectivity index (χ3n) is 2.74. The normalized spacial score (nSPS) is 12.1. The summed E-state index contributed by atoms with van der Waals surface area (Å²) in [6, 6.07) is -0.148. The smallest absolute Gasteiger partial charge is 0.265 e. The van der Waals surface area contributed by atoms with Crippen molar-refractivity contribution in [3.8, 4) is 0 Å². The first-order valence-electron chi connectivity index (χ1n) is 6.74. The predicted molar refractivity (Wildman–Crippen MR) is 88.0 cm³/mol. The Balaban J connectivity index is 2.04. The third-order valence-corrected chi connectivity index (χ3v) is 4.87. The molecule has 0 aromatic carbocycles. The Labute approximate surface area is 131 Å². The van der Waals surface area contributed by atoms with Gasteiger partial charge in [-0.2, -0.15) is 0 Å². The number of amides is 1. The van der Waals surface area contributed by atoms with Crippen LogP contribution >= 0.6 is 22.7 Å². The van der Waals surface area contributed by atoms with E-state index in [4.69, 9.17) is 5.73 Å². The van der Waals surface area contributed by atoms with Gasteiger partial charge in [-0.3, -0.25) is 4.79 Å². The Kier molecular flexibility index (Phi) is 5.13. The van der Waals surface area contributed by atoms with Gasteiger partial charge in [-0.15, -0.1) is 11.3 Å². The molecule has 2 rings (SSSR count). The second-order valence-electron chi connectivity index (χ2n) is 4.66. The predicted octanol–water partition coefficient (Wildman–Crippen LogP) is 2.80. The van der Waals surface area contributed by atoms with E-state index in [-0.39, 0.29) is 17.8 Å². The minimum absolute atomic E-state index is 0.148. The zero-order chi connectivity index (χ0) is 15.4. The molecule has 0 saturated heterocycles. The molecule has 0 aliphatic carbocycles. The average Bonchev–Trinajstić information content (AvgIpc) is 3.02. The number of nitrogens with two attached hydrogens (primary N) is 1. The molecule has 0 saturated carbocycles. The summed E-state index contributed by atoms with van der Waals surface area (Å²) < 4.78 is 0. The average molecular weight is 325 g/mol. The maximum absolute atomic E-state index is 12.3. The fourth-order valence-electron chi connectivity index (χ4n) is 1.70. The molecule has 8 heteroatoms. The second kappa shape index (κ2) is 6.86. The molecule has 0 bridgehead atoms. The molecule has 114 valence electrons. The Morgan fingerprint density at radius 2 is 2.24 bits per heavy atom. The van der Waals surface area contributed by atoms with E-state index in [0.717, 1.165) is 22.9 Å². The number of nitrogens with one attached hydrogen (secondary N) is 2. The van der Waals surface area contributed by atoms with Crippen LogP contribution in [0.25, 0.3) is 0 Å². The lowest BCUT2D eigenvalue weighted by Gasteiger charge is -2.10. The topological polar surface area (TPSA) is 92.9 Å². The lowest BCUT2D eigenvalue weighted by atomic mass is 10.3. The molecule has 1 amide bonds. The van der Waals surface area contributed by atoms with E-state index >= 15 is 0 Å². The van der Waals surface area contributed by atoms with Crippen molar-refractivity contribution in [1.29, 1.82) is 0 Å². The maximum Gasteiger partial charge on any atom is 0.265 e. The summed E-state index contributed by atoms with van der Waals surface area (Å²) in [7, 11) is 0. The molecule has 0 aliphatic rings. The SMILES string of the molecule is CCCNc1nc(N)c(C(=O)NC(C)c2ncc(C)s2)s1. The van der Waals surface area contributed by atoms with Crippen LogP contribution in [0.15, 0.2) is 6.20 Å². The van der Waals surface area contributed by atoms with E-state index in [9.17, 15) is 4.79 Å². The van der Waals surface area contributed by atoms with Crippen LogP contribution in [0, 0.1) is 6.92 Å². The Bertz CT molecular complexity index is 622. The maximum atomic E-state index is 12.3. The van der Waals surface area contributed by atoms with E-state index in [1.54, 1.807) is 17.5 Å². The molecule has 0 spiro atoms. The summed E-state index contributed by atoms with van der Waals surface area (Å²) in [5, 5.41) is 7.60. The summed E-state index contributed by atoms with van der Waals surface area (Å²) in [5.74, 6) is 0.0496. The van der Waals surface area contributed by atoms with E-state index in [2.05, 4.69) is 27.5 Å². The Morgan fingerprint density at radius 1 is 1.48 bits per heavy atom. The summed E-state index contributed by atoms with van der Waals surface area (Å²) in [5.41, 5.74) is 5.82. The van der Waals surface area contributed by atoms with Gasteiger partial charge in [-0.1, -0.05) is 18.3 Å². The second-order valence-corrected chi connectivity index (χ2v) is 6.93. The zero-order valence-corrected chi connectivity index (χ0v) is 13.9. The van der Waals surface area contributed by atoms with E-state index in [1.807, 2.05) is 13.8 Å². The number of aromatic nitrogens is 2. The lowest BCUT2D eigenvalue weighted by Crippen LogP contribution is -2.26. The fraction of sp³-hybridized carbons (Fsp3) is 0.462. The summed E-state index contributed by atoms with van der Waals surface area (Å²) in [4.78, 5) is 22.3. The molecule has 0 radical (unpaired) electrons. The van der Waals surface area contributed by atoms with E-state index in [0.29, 0.717) is 10.0 Å². The first-order chi connectivity index (χ1) is 10.0. The monoisotopic (exact) mass is 325 g/mol. The van der Waals surface area contributed by atoms with Crippen molar-refractivity contribution in [2.45, 2.75) is 33.2 Å². The number of nitrogen functional groups attached to an aromatic ring is 1. The number of rotatable bonds is 6. The number of hydrogen-bond donors (Lipinski definition) is 3. The van der Waals surface area contributed by atoms with Crippen molar-refractivity contribution in [2.75, 3.05) is 17.6 Å². The van der Waals surface area contributed by atoms with Gasteiger partial charge in [0, 0.05) is 17.6 Å². The molecule has 0 aliphatic heterocycles. The zero-order valence-electron chi connectivity index (χ0n) is 12.3. The highest BCUT2D eigenvalue weighted by atomic mass is 32.1. The van der Waals surface area contributed by atoms with Crippen LogP contribution in [0.3, 0.4) is 0 Å². The highest BCUT2D eigenvalue weighted by molar-refractivity contribution is 7.18. The Morgan fingerprint density at radius 3 is 2.86 bits per heavy atom. The molecule has 21 heavy (non-hydrogen) atoms. The van der Waals surface area contributed by atoms with Crippen LogP contribution in [0.5, 0.6) is 0 Å². The van der Waals surface area contributed by atoms with Crippen molar-refractivity contribution in [3.63, 3.8) is 0 Å². The van der Waals surface area contributed by atoms with Gasteiger partial charge < -0.3 is 16.4 Å². The lowest BCUT2D eigenvalue weighted by molar-refractivity contribution is 0.0944. The van der Waals surface area contributed by atoms with Crippen LogP contribution in [0.1, 0.15) is 45.9 Å². The van der Waals surface area contributed by atoms with Crippen LogP contribution < -0.4 is 16.4 Å². The van der Waals surface area contributed by atoms with E-state index in [1.165, 1.54) is 11.3 Å². The van der Waals surface area contributed by atoms with Gasteiger partial charge in [0.05, 0.1) is 6.04 Å². The molecular formula is C13H19N5OS2. The van der Waals surface area contributed by atoms with Gasteiger partial charge >= 0.3 is 0 Å². The molecule has 2 aromatic rings. The first-order valence-corrected chi connectivity index (χ1v) is 8.38. The van der Waals surface area contributed by atoms with Crippen molar-refractivity contribution >= 4 is 39.5 Å². The fourth-order valence-corrected chi connectivity index (χ4v) is 3.29. The number of carbonyl (C=O) groups is 1. The third kappa shape index (κ3) is 3.92. The summed E-state index contributed by atoms with van der Waals surface area (Å²) in [6.45, 7) is 6.77. The van der Waals surface area contributed by atoms with Gasteiger partial charge in [0.1, 0.15) is 15.7 Å². The molecular weight excluding hydrogens is 306 g/mol. The molecule has 1 unspecified atom stereocenters. The standard InChI is InChI=1S/C13H19N5OS2/c1-4-5-15-13-18-10(14)9(21-13)11(19)17-8(3)12-16-6-7(2)20-12/h6,8H,4-5,14H2,1-3H3,(H,15,18)(H,17,19). The largest absolute Gasteiger partial charge is 0.382 e. The summed E-state index contributed by atoms with van der Waals surface area (Å²) in [6.07, 6.45) is 2.79. The molecule has 2 heterocycles. The van der Waals surface area contributed by atoms with Crippen molar-refractivity contribution in [3.05, 3.63) is 21.0 Å². The van der Waals surface area contributed by atoms with Crippen LogP contribution in [-0.2, 0) is 0 Å². The number of aryl methyl sites for hydroxylation is 1. The van der Waals surface area contributed by atoms with Crippen molar-refractivity contribution in [1.82, 2.24) is 15.3 Å². The highest BCUT2D eigenvalue weighted by Gasteiger charge is 2.19. The van der Waals surface area contributed by atoms with Crippen molar-refractivity contribution in [2.24, 2.45) is 0 Å². The Hall–Kier alpha value is -1.67. The van der Waals surface area contributed by atoms with Gasteiger partial charge in [0.25, 0.3) is 5.91 Å². The highest BCUT2D eigenvalue weighted by Crippen LogP contribution is 2.26. The minimum Gasteiger partial charge on any atom is -0.382 e. The van der Waals surface area contributed by atoms with Crippen LogP contribution in [0.2, 0.25) is 0 Å². The first kappa shape index (κ1) is 15.7. The molecule has 2 aromatic heterocycles. The number of hydrogen-bond acceptors (Lipinski definition) is 7. The minimum atomic E-state index is -0.213. The number of thiazole rings is 2. The summed E-state index contributed by atoms with van der Waals surface area (Å²) >= 11 is 2.85. The van der Waals surface area contributed by atoms with Gasteiger partial charge in [0.2, 0.25) is 0 Å². The van der Waals surface area contributed by atoms with Crippen LogP contribution in [0.4, 0.5) is 10.9 Å². The molecule has 0 fully saturated rings. The molecule has 6 nitrogen and oxygen atoms in total. The molecule has 4 N–H and O–H groups in total. The van der Waals surface area contributed by atoms with Gasteiger partial charge in [0.15, 0.2) is 5.13 Å². The van der Waals surface area contributed by atoms with Crippen molar-refractivity contribution < 1.29 is 4.79 Å². The quantitative estimate of drug-likeness (QED) is 0.759. The van der Waals surface area contributed by atoms with Gasteiger partial charge in [-0.05, 0) is 20.3 Å².